The maximum absolute atomic E-state index is 11.1. The third-order valence-electron chi connectivity index (χ3n) is 1.31. The summed E-state index contributed by atoms with van der Waals surface area (Å²) in [6, 6.07) is 0. The average Bonchev–Trinajstić information content (AvgIpc) is 2.08. The first kappa shape index (κ1) is 13.0. The summed E-state index contributed by atoms with van der Waals surface area (Å²) in [5.41, 5.74) is 5.86. The number of carbonyl (C=O) groups excluding carboxylic acids is 2. The SMILES string of the molecule is C=C(C)CNC(=O)CCSCC(N)=O. The van der Waals surface area contributed by atoms with E-state index in [0.717, 1.165) is 5.57 Å². The Morgan fingerprint density at radius 2 is 2.14 bits per heavy atom. The number of carbonyl (C=O) groups is 2. The summed E-state index contributed by atoms with van der Waals surface area (Å²) in [5.74, 6) is 0.515. The zero-order valence-electron chi connectivity index (χ0n) is 8.34. The van der Waals surface area contributed by atoms with E-state index in [1.165, 1.54) is 11.8 Å². The maximum Gasteiger partial charge on any atom is 0.227 e. The molecule has 14 heavy (non-hydrogen) atoms. The number of thioether (sulfide) groups is 1. The van der Waals surface area contributed by atoms with Crippen LogP contribution in [0.5, 0.6) is 0 Å². The molecule has 0 aromatic heterocycles. The molecular weight excluding hydrogens is 200 g/mol. The van der Waals surface area contributed by atoms with Gasteiger partial charge in [-0.3, -0.25) is 9.59 Å². The monoisotopic (exact) mass is 216 g/mol. The molecule has 0 atom stereocenters. The molecule has 0 unspecified atom stereocenters. The lowest BCUT2D eigenvalue weighted by Gasteiger charge is -2.03. The molecule has 2 amide bonds. The molecular formula is C9H16N2O2S. The van der Waals surface area contributed by atoms with Gasteiger partial charge in [-0.1, -0.05) is 12.2 Å². The fourth-order valence-corrected chi connectivity index (χ4v) is 1.35. The van der Waals surface area contributed by atoms with Crippen molar-refractivity contribution in [3.05, 3.63) is 12.2 Å². The fourth-order valence-electron chi connectivity index (χ4n) is 0.675. The first-order chi connectivity index (χ1) is 6.52. The van der Waals surface area contributed by atoms with Crippen LogP contribution in [0.15, 0.2) is 12.2 Å². The Balaban J connectivity index is 3.36. The minimum atomic E-state index is -0.350. The summed E-state index contributed by atoms with van der Waals surface area (Å²) >= 11 is 1.37. The first-order valence-corrected chi connectivity index (χ1v) is 5.45. The van der Waals surface area contributed by atoms with Gasteiger partial charge in [0.1, 0.15) is 0 Å². The van der Waals surface area contributed by atoms with Crippen LogP contribution < -0.4 is 11.1 Å². The Morgan fingerprint density at radius 1 is 1.50 bits per heavy atom. The normalized spacial score (nSPS) is 9.50. The standard InChI is InChI=1S/C9H16N2O2S/c1-7(2)5-11-9(13)3-4-14-6-8(10)12/h1,3-6H2,2H3,(H2,10,12)(H,11,13). The molecule has 0 aliphatic heterocycles. The fraction of sp³-hybridized carbons (Fsp3) is 0.556. The third kappa shape index (κ3) is 9.12. The lowest BCUT2D eigenvalue weighted by atomic mass is 10.3. The van der Waals surface area contributed by atoms with Crippen molar-refractivity contribution in [2.24, 2.45) is 5.73 Å². The Labute approximate surface area is 88.3 Å². The van der Waals surface area contributed by atoms with E-state index in [4.69, 9.17) is 5.73 Å². The number of hydrogen-bond acceptors (Lipinski definition) is 3. The van der Waals surface area contributed by atoms with E-state index >= 15 is 0 Å². The van der Waals surface area contributed by atoms with Crippen LogP contribution in [0.2, 0.25) is 0 Å². The molecule has 4 nitrogen and oxygen atoms in total. The maximum atomic E-state index is 11.1. The van der Waals surface area contributed by atoms with Gasteiger partial charge < -0.3 is 11.1 Å². The molecule has 0 fully saturated rings. The predicted octanol–water partition coefficient (Wildman–Crippen LogP) is 0.287. The van der Waals surface area contributed by atoms with Crippen molar-refractivity contribution in [2.75, 3.05) is 18.1 Å². The van der Waals surface area contributed by atoms with Crippen molar-refractivity contribution in [1.29, 1.82) is 0 Å². The van der Waals surface area contributed by atoms with Crippen molar-refractivity contribution in [1.82, 2.24) is 5.32 Å². The van der Waals surface area contributed by atoms with Gasteiger partial charge in [-0.15, -0.1) is 0 Å². The molecule has 0 aliphatic rings. The second kappa shape index (κ2) is 7.44. The summed E-state index contributed by atoms with van der Waals surface area (Å²) in [6.45, 7) is 6.03. The van der Waals surface area contributed by atoms with Gasteiger partial charge >= 0.3 is 0 Å². The highest BCUT2D eigenvalue weighted by Crippen LogP contribution is 2.00. The molecule has 0 radical (unpaired) electrons. The summed E-state index contributed by atoms with van der Waals surface area (Å²) in [6.07, 6.45) is 0.408. The molecule has 80 valence electrons. The molecule has 0 bridgehead atoms. The summed E-state index contributed by atoms with van der Waals surface area (Å²) < 4.78 is 0. The minimum Gasteiger partial charge on any atom is -0.369 e. The molecule has 0 saturated carbocycles. The first-order valence-electron chi connectivity index (χ1n) is 4.29. The molecule has 5 heteroatoms. The molecule has 0 rings (SSSR count). The van der Waals surface area contributed by atoms with Gasteiger partial charge in [-0.2, -0.15) is 11.8 Å². The number of primary amides is 1. The molecule has 0 heterocycles. The zero-order chi connectivity index (χ0) is 11.0. The summed E-state index contributed by atoms with van der Waals surface area (Å²) in [4.78, 5) is 21.5. The lowest BCUT2D eigenvalue weighted by Crippen LogP contribution is -2.25. The number of amides is 2. The largest absolute Gasteiger partial charge is 0.369 e. The minimum absolute atomic E-state index is 0.0232. The molecule has 0 spiro atoms. The second-order valence-corrected chi connectivity index (χ2v) is 4.11. The third-order valence-corrected chi connectivity index (χ3v) is 2.29. The zero-order valence-corrected chi connectivity index (χ0v) is 9.15. The topological polar surface area (TPSA) is 72.2 Å². The average molecular weight is 216 g/mol. The van der Waals surface area contributed by atoms with E-state index in [1.807, 2.05) is 6.92 Å². The van der Waals surface area contributed by atoms with E-state index in [2.05, 4.69) is 11.9 Å². The highest BCUT2D eigenvalue weighted by molar-refractivity contribution is 7.99. The highest BCUT2D eigenvalue weighted by atomic mass is 32.2. The number of rotatable bonds is 7. The van der Waals surface area contributed by atoms with Crippen LogP contribution in [0.4, 0.5) is 0 Å². The van der Waals surface area contributed by atoms with Gasteiger partial charge in [0, 0.05) is 18.7 Å². The molecule has 0 aliphatic carbocycles. The van der Waals surface area contributed by atoms with E-state index in [9.17, 15) is 9.59 Å². The van der Waals surface area contributed by atoms with Crippen LogP contribution in [0.1, 0.15) is 13.3 Å². The molecule has 0 aromatic carbocycles. The highest BCUT2D eigenvalue weighted by Gasteiger charge is 2.01. The summed E-state index contributed by atoms with van der Waals surface area (Å²) in [5, 5.41) is 2.70. The van der Waals surface area contributed by atoms with Crippen LogP contribution in [0.25, 0.3) is 0 Å². The quantitative estimate of drug-likeness (QED) is 0.474. The summed E-state index contributed by atoms with van der Waals surface area (Å²) in [7, 11) is 0. The van der Waals surface area contributed by atoms with Gasteiger partial charge in [0.15, 0.2) is 0 Å². The van der Waals surface area contributed by atoms with Crippen LogP contribution >= 0.6 is 11.8 Å². The Morgan fingerprint density at radius 3 is 2.64 bits per heavy atom. The van der Waals surface area contributed by atoms with Crippen LogP contribution in [-0.4, -0.2) is 29.9 Å². The Hall–Kier alpha value is -0.970. The second-order valence-electron chi connectivity index (χ2n) is 3.00. The van der Waals surface area contributed by atoms with Gasteiger partial charge in [-0.05, 0) is 6.92 Å². The van der Waals surface area contributed by atoms with Crippen molar-refractivity contribution < 1.29 is 9.59 Å². The van der Waals surface area contributed by atoms with E-state index in [1.54, 1.807) is 0 Å². The number of hydrogen-bond donors (Lipinski definition) is 2. The van der Waals surface area contributed by atoms with Crippen molar-refractivity contribution in [3.8, 4) is 0 Å². The van der Waals surface area contributed by atoms with Crippen LogP contribution in [0, 0.1) is 0 Å². The van der Waals surface area contributed by atoms with Crippen LogP contribution in [0.3, 0.4) is 0 Å². The molecule has 3 N–H and O–H groups in total. The van der Waals surface area contributed by atoms with Gasteiger partial charge in [0.25, 0.3) is 0 Å². The van der Waals surface area contributed by atoms with E-state index < -0.39 is 0 Å². The van der Waals surface area contributed by atoms with Crippen molar-refractivity contribution in [3.63, 3.8) is 0 Å². The van der Waals surface area contributed by atoms with E-state index in [0.29, 0.717) is 18.7 Å². The van der Waals surface area contributed by atoms with Crippen LogP contribution in [-0.2, 0) is 9.59 Å². The number of nitrogens with two attached hydrogens (primary N) is 1. The number of nitrogens with one attached hydrogen (secondary N) is 1. The van der Waals surface area contributed by atoms with Gasteiger partial charge in [0.05, 0.1) is 5.75 Å². The van der Waals surface area contributed by atoms with Crippen molar-refractivity contribution in [2.45, 2.75) is 13.3 Å². The Bertz CT molecular complexity index is 229. The molecule has 0 aromatic rings. The predicted molar refractivity (Wildman–Crippen MR) is 59.0 cm³/mol. The smallest absolute Gasteiger partial charge is 0.227 e. The van der Waals surface area contributed by atoms with Gasteiger partial charge in [0.2, 0.25) is 11.8 Å². The van der Waals surface area contributed by atoms with Crippen molar-refractivity contribution >= 4 is 23.6 Å². The van der Waals surface area contributed by atoms with Gasteiger partial charge in [-0.25, -0.2) is 0 Å². The Kier molecular flexibility index (Phi) is 6.92. The van der Waals surface area contributed by atoms with E-state index in [-0.39, 0.29) is 17.6 Å². The lowest BCUT2D eigenvalue weighted by molar-refractivity contribution is -0.120. The molecule has 0 saturated heterocycles.